The molecule has 3 N–H and O–H groups in total. The van der Waals surface area contributed by atoms with Gasteiger partial charge in [0.15, 0.2) is 5.79 Å². The van der Waals surface area contributed by atoms with E-state index in [1.54, 1.807) is 13.8 Å². The zero-order valence-electron chi connectivity index (χ0n) is 17.2. The van der Waals surface area contributed by atoms with Crippen LogP contribution in [-0.2, 0) is 9.53 Å². The number of benzene rings is 1. The molecule has 158 valence electrons. The highest BCUT2D eigenvalue weighted by atomic mass is 35.5. The Morgan fingerprint density at radius 2 is 1.86 bits per heavy atom. The maximum absolute atomic E-state index is 13.2. The monoisotopic (exact) mass is 416 g/mol. The number of nitrogens with one attached hydrogen (secondary N) is 2. The molecule has 0 aliphatic heterocycles. The molecular weight excluding hydrogens is 387 g/mol. The molecule has 1 aromatic carbocycles. The molecule has 0 heterocycles. The first-order valence-corrected chi connectivity index (χ1v) is 9.50. The minimum absolute atomic E-state index is 0.127. The number of carbonyl (C=O) groups excluding carboxylic acids is 2. The van der Waals surface area contributed by atoms with Crippen molar-refractivity contribution in [3.8, 4) is 0 Å². The van der Waals surface area contributed by atoms with Crippen LogP contribution in [0.2, 0.25) is 5.02 Å². The fourth-order valence-corrected chi connectivity index (χ4v) is 2.43. The lowest BCUT2D eigenvalue weighted by Crippen LogP contribution is -2.46. The summed E-state index contributed by atoms with van der Waals surface area (Å²) in [7, 11) is 0. The first-order valence-electron chi connectivity index (χ1n) is 9.13. The normalized spacial score (nSPS) is 14.3. The van der Waals surface area contributed by atoms with E-state index in [0.717, 1.165) is 6.07 Å². The van der Waals surface area contributed by atoms with E-state index in [-0.39, 0.29) is 41.6 Å². The Hall–Kier alpha value is -1.70. The number of hydrogen-bond acceptors (Lipinski definition) is 4. The Morgan fingerprint density at radius 3 is 2.39 bits per heavy atom. The van der Waals surface area contributed by atoms with E-state index in [9.17, 15) is 19.1 Å². The predicted molar refractivity (Wildman–Crippen MR) is 107 cm³/mol. The van der Waals surface area contributed by atoms with Crippen LogP contribution >= 0.6 is 11.6 Å². The third kappa shape index (κ3) is 7.73. The van der Waals surface area contributed by atoms with Gasteiger partial charge in [0.1, 0.15) is 5.82 Å². The van der Waals surface area contributed by atoms with Crippen LogP contribution < -0.4 is 10.6 Å². The standard InChI is InChI=1S/C20H30ClFN2O4/c1-12(24-18(26)14-7-8-16(22)15(21)9-14)10-23-17(25)13(2)19(3,4)11-28-20(5,6)27/h7-9,12-13,27H,10-11H2,1-6H3,(H,23,25)(H,24,26)/t12-,13-/m0/s1. The van der Waals surface area contributed by atoms with Gasteiger partial charge in [-0.05, 0) is 44.4 Å². The van der Waals surface area contributed by atoms with Crippen LogP contribution in [0.25, 0.3) is 0 Å². The molecule has 8 heteroatoms. The first-order chi connectivity index (χ1) is 12.7. The number of rotatable bonds is 9. The average Bonchev–Trinajstić information content (AvgIpc) is 2.59. The van der Waals surface area contributed by atoms with Gasteiger partial charge in [0.25, 0.3) is 5.91 Å². The molecule has 0 radical (unpaired) electrons. The van der Waals surface area contributed by atoms with Gasteiger partial charge in [-0.2, -0.15) is 0 Å². The summed E-state index contributed by atoms with van der Waals surface area (Å²) in [6.45, 7) is 10.8. The fourth-order valence-electron chi connectivity index (χ4n) is 2.24. The smallest absolute Gasteiger partial charge is 0.251 e. The quantitative estimate of drug-likeness (QED) is 0.540. The van der Waals surface area contributed by atoms with Crippen molar-refractivity contribution in [2.75, 3.05) is 13.2 Å². The molecule has 2 atom stereocenters. The van der Waals surface area contributed by atoms with E-state index in [1.165, 1.54) is 26.0 Å². The lowest BCUT2D eigenvalue weighted by atomic mass is 9.80. The van der Waals surface area contributed by atoms with E-state index in [4.69, 9.17) is 16.3 Å². The summed E-state index contributed by atoms with van der Waals surface area (Å²) < 4.78 is 18.6. The zero-order valence-corrected chi connectivity index (χ0v) is 18.0. The molecule has 6 nitrogen and oxygen atoms in total. The highest BCUT2D eigenvalue weighted by Gasteiger charge is 2.33. The lowest BCUT2D eigenvalue weighted by Gasteiger charge is -2.33. The fraction of sp³-hybridized carbons (Fsp3) is 0.600. The van der Waals surface area contributed by atoms with Crippen molar-refractivity contribution in [2.45, 2.75) is 53.4 Å². The Balaban J connectivity index is 2.54. The Kier molecular flexibility index (Phi) is 8.41. The highest BCUT2D eigenvalue weighted by molar-refractivity contribution is 6.31. The van der Waals surface area contributed by atoms with Gasteiger partial charge in [-0.3, -0.25) is 9.59 Å². The van der Waals surface area contributed by atoms with Crippen LogP contribution in [0.3, 0.4) is 0 Å². The summed E-state index contributed by atoms with van der Waals surface area (Å²) in [4.78, 5) is 24.6. The number of aliphatic hydroxyl groups is 1. The number of amides is 2. The van der Waals surface area contributed by atoms with Gasteiger partial charge in [-0.1, -0.05) is 32.4 Å². The Labute approximate surface area is 170 Å². The summed E-state index contributed by atoms with van der Waals surface area (Å²) >= 11 is 5.69. The van der Waals surface area contributed by atoms with Gasteiger partial charge in [-0.15, -0.1) is 0 Å². The van der Waals surface area contributed by atoms with E-state index in [1.807, 2.05) is 13.8 Å². The van der Waals surface area contributed by atoms with Crippen LogP contribution in [0.15, 0.2) is 18.2 Å². The molecule has 0 fully saturated rings. The minimum atomic E-state index is -1.27. The van der Waals surface area contributed by atoms with Gasteiger partial charge in [0.05, 0.1) is 11.6 Å². The minimum Gasteiger partial charge on any atom is -0.366 e. The lowest BCUT2D eigenvalue weighted by molar-refractivity contribution is -0.196. The Morgan fingerprint density at radius 1 is 1.25 bits per heavy atom. The third-order valence-corrected chi connectivity index (χ3v) is 4.79. The topological polar surface area (TPSA) is 87.7 Å². The summed E-state index contributed by atoms with van der Waals surface area (Å²) in [6.07, 6.45) is 0. The average molecular weight is 417 g/mol. The van der Waals surface area contributed by atoms with Crippen molar-refractivity contribution in [2.24, 2.45) is 11.3 Å². The van der Waals surface area contributed by atoms with E-state index in [0.29, 0.717) is 0 Å². The van der Waals surface area contributed by atoms with Crippen LogP contribution in [0, 0.1) is 17.2 Å². The maximum atomic E-state index is 13.2. The van der Waals surface area contributed by atoms with E-state index >= 15 is 0 Å². The van der Waals surface area contributed by atoms with Crippen molar-refractivity contribution >= 4 is 23.4 Å². The highest BCUT2D eigenvalue weighted by Crippen LogP contribution is 2.28. The number of carbonyl (C=O) groups is 2. The van der Waals surface area contributed by atoms with Gasteiger partial charge in [0, 0.05) is 24.1 Å². The molecule has 28 heavy (non-hydrogen) atoms. The molecule has 0 aromatic heterocycles. The van der Waals surface area contributed by atoms with Crippen molar-refractivity contribution in [3.05, 3.63) is 34.6 Å². The third-order valence-electron chi connectivity index (χ3n) is 4.50. The second-order valence-corrected chi connectivity index (χ2v) is 8.60. The van der Waals surface area contributed by atoms with Crippen LogP contribution in [-0.4, -0.2) is 41.9 Å². The first kappa shape index (κ1) is 24.3. The number of halogens is 2. The van der Waals surface area contributed by atoms with Crippen molar-refractivity contribution < 1.29 is 23.8 Å². The molecule has 1 rings (SSSR count). The molecule has 1 aromatic rings. The SMILES string of the molecule is C[C@@H](CNC(=O)[C@H](C)C(C)(C)COC(C)(C)O)NC(=O)c1ccc(F)c(Cl)c1. The zero-order chi connectivity index (χ0) is 21.7. The van der Waals surface area contributed by atoms with E-state index in [2.05, 4.69) is 10.6 Å². The van der Waals surface area contributed by atoms with Crippen molar-refractivity contribution in [3.63, 3.8) is 0 Å². The van der Waals surface area contributed by atoms with Crippen LogP contribution in [0.5, 0.6) is 0 Å². The second kappa shape index (κ2) is 9.67. The maximum Gasteiger partial charge on any atom is 0.251 e. The van der Waals surface area contributed by atoms with Crippen molar-refractivity contribution in [1.82, 2.24) is 10.6 Å². The molecule has 0 saturated heterocycles. The molecule has 0 bridgehead atoms. The molecule has 0 aliphatic carbocycles. The molecular formula is C20H30ClFN2O4. The molecule has 0 unspecified atom stereocenters. The van der Waals surface area contributed by atoms with Gasteiger partial charge in [-0.25, -0.2) is 4.39 Å². The summed E-state index contributed by atoms with van der Waals surface area (Å²) in [6, 6.07) is 3.38. The molecule has 0 spiro atoms. The molecule has 0 aliphatic rings. The van der Waals surface area contributed by atoms with Crippen LogP contribution in [0.1, 0.15) is 51.9 Å². The van der Waals surface area contributed by atoms with Gasteiger partial charge < -0.3 is 20.5 Å². The second-order valence-electron chi connectivity index (χ2n) is 8.19. The van der Waals surface area contributed by atoms with Crippen molar-refractivity contribution in [1.29, 1.82) is 0 Å². The predicted octanol–water partition coefficient (Wildman–Crippen LogP) is 3.12. The summed E-state index contributed by atoms with van der Waals surface area (Å²) in [5.41, 5.74) is -0.260. The van der Waals surface area contributed by atoms with Gasteiger partial charge >= 0.3 is 0 Å². The summed E-state index contributed by atoms with van der Waals surface area (Å²) in [5, 5.41) is 15.1. The number of hydrogen-bond donors (Lipinski definition) is 3. The molecule has 0 saturated carbocycles. The summed E-state index contributed by atoms with van der Waals surface area (Å²) in [5.74, 6) is -2.83. The van der Waals surface area contributed by atoms with E-state index < -0.39 is 22.9 Å². The van der Waals surface area contributed by atoms with Gasteiger partial charge in [0.2, 0.25) is 5.91 Å². The number of ether oxygens (including phenoxy) is 1. The largest absolute Gasteiger partial charge is 0.366 e. The Bertz CT molecular complexity index is 704. The molecule has 2 amide bonds. The van der Waals surface area contributed by atoms with Crippen LogP contribution in [0.4, 0.5) is 4.39 Å².